The van der Waals surface area contributed by atoms with Crippen molar-refractivity contribution in [3.05, 3.63) is 83.1 Å². The molecule has 46 heavy (non-hydrogen) atoms. The van der Waals surface area contributed by atoms with E-state index in [2.05, 4.69) is 54.6 Å². The van der Waals surface area contributed by atoms with Gasteiger partial charge < -0.3 is 19.3 Å². The van der Waals surface area contributed by atoms with Crippen LogP contribution in [0.1, 0.15) is 74.9 Å². The summed E-state index contributed by atoms with van der Waals surface area (Å²) in [6, 6.07) is 13.7. The van der Waals surface area contributed by atoms with Gasteiger partial charge in [0, 0.05) is 71.6 Å². The number of hydrogen-bond donors (Lipinski definition) is 1. The standard InChI is InChI=1S/C33H43N3O7S2.Na/c1-32(2)25-13-6-7-14-27(25)35(19-8-10-21-44(38,39)40)29(32)15-12-16-30-33(3,4)26-23-24(31(37)34-5)17-18-28(26)36(30)20-9-11-22-45(41,42)43;/h6-7,12-18,23H,8-11,19-22H2,1-5H3,(H2-,34,37,38,39,40,41,42,43);/q;+1/p-1. The Morgan fingerprint density at radius 2 is 1.52 bits per heavy atom. The van der Waals surface area contributed by atoms with Crippen molar-refractivity contribution in [3.63, 3.8) is 0 Å². The van der Waals surface area contributed by atoms with Gasteiger partial charge in [0.05, 0.1) is 25.7 Å². The van der Waals surface area contributed by atoms with Crippen molar-refractivity contribution in [1.82, 2.24) is 5.32 Å². The van der Waals surface area contributed by atoms with Crippen LogP contribution in [0.3, 0.4) is 0 Å². The van der Waals surface area contributed by atoms with Crippen molar-refractivity contribution in [1.29, 1.82) is 0 Å². The molecule has 0 atom stereocenters. The fourth-order valence-corrected chi connectivity index (χ4v) is 7.53. The van der Waals surface area contributed by atoms with Crippen LogP contribution in [0.25, 0.3) is 0 Å². The molecule has 2 aliphatic rings. The molecule has 0 saturated heterocycles. The Morgan fingerprint density at radius 1 is 0.891 bits per heavy atom. The number of carbonyl (C=O) groups is 1. The molecule has 0 aromatic heterocycles. The van der Waals surface area contributed by atoms with Gasteiger partial charge in [0.1, 0.15) is 6.54 Å². The van der Waals surface area contributed by atoms with Gasteiger partial charge in [0.2, 0.25) is 5.69 Å². The molecule has 244 valence electrons. The van der Waals surface area contributed by atoms with E-state index in [4.69, 9.17) is 0 Å². The molecule has 0 aliphatic carbocycles. The average Bonchev–Trinajstić information content (AvgIpc) is 3.30. The number of allylic oxidation sites excluding steroid dienone is 4. The Kier molecular flexibility index (Phi) is 12.3. The normalized spacial score (nSPS) is 17.7. The van der Waals surface area contributed by atoms with E-state index in [0.29, 0.717) is 31.5 Å². The number of benzene rings is 2. The first-order valence-electron chi connectivity index (χ1n) is 15.1. The van der Waals surface area contributed by atoms with Crippen molar-refractivity contribution in [3.8, 4) is 0 Å². The number of hydrogen-bond acceptors (Lipinski definition) is 8. The van der Waals surface area contributed by atoms with E-state index in [9.17, 15) is 30.7 Å². The zero-order chi connectivity index (χ0) is 33.2. The van der Waals surface area contributed by atoms with Crippen molar-refractivity contribution in [2.75, 3.05) is 36.5 Å². The van der Waals surface area contributed by atoms with Crippen molar-refractivity contribution < 1.29 is 64.9 Å². The minimum absolute atomic E-state index is 0. The van der Waals surface area contributed by atoms with Gasteiger partial charge in [-0.1, -0.05) is 38.1 Å². The quantitative estimate of drug-likeness (QED) is 0.144. The number of amides is 1. The molecular formula is C33H42N3NaO7S2. The maximum Gasteiger partial charge on any atom is 1.00 e. The van der Waals surface area contributed by atoms with Crippen molar-refractivity contribution in [2.24, 2.45) is 0 Å². The van der Waals surface area contributed by atoms with E-state index in [1.54, 1.807) is 13.1 Å². The van der Waals surface area contributed by atoms with Crippen LogP contribution in [0.2, 0.25) is 0 Å². The molecule has 1 amide bonds. The third kappa shape index (κ3) is 8.58. The van der Waals surface area contributed by atoms with Crippen LogP contribution in [0, 0.1) is 0 Å². The summed E-state index contributed by atoms with van der Waals surface area (Å²) in [5, 5.41) is 2.67. The van der Waals surface area contributed by atoms with Gasteiger partial charge in [-0.3, -0.25) is 4.79 Å². The minimum Gasteiger partial charge on any atom is -0.748 e. The zero-order valence-corrected chi connectivity index (χ0v) is 31.1. The molecular weight excluding hydrogens is 638 g/mol. The predicted octanol–water partition coefficient (Wildman–Crippen LogP) is 1.32. The summed E-state index contributed by atoms with van der Waals surface area (Å²) in [5.74, 6) is -1.00. The maximum atomic E-state index is 12.5. The Balaban J connectivity index is 0.00000576. The third-order valence-corrected chi connectivity index (χ3v) is 10.3. The topological polar surface area (TPSA) is 150 Å². The number of carbonyl (C=O) groups excluding carboxylic acids is 1. The number of anilines is 1. The number of para-hydroxylation sites is 1. The maximum absolute atomic E-state index is 12.5. The molecule has 2 aliphatic heterocycles. The molecule has 13 heteroatoms. The van der Waals surface area contributed by atoms with Gasteiger partial charge in [0.25, 0.3) is 5.91 Å². The average molecular weight is 680 g/mol. The Hall–Kier alpha value is -2.32. The summed E-state index contributed by atoms with van der Waals surface area (Å²) in [4.78, 5) is 14.6. The molecule has 1 N–H and O–H groups in total. The Morgan fingerprint density at radius 3 is 2.15 bits per heavy atom. The number of unbranched alkanes of at least 4 members (excludes halogenated alkanes) is 2. The molecule has 0 radical (unpaired) electrons. The number of nitrogens with zero attached hydrogens (tertiary/aromatic N) is 2. The zero-order valence-electron chi connectivity index (χ0n) is 27.5. The molecule has 2 heterocycles. The van der Waals surface area contributed by atoms with Gasteiger partial charge in [-0.25, -0.2) is 16.8 Å². The van der Waals surface area contributed by atoms with E-state index in [-0.39, 0.29) is 53.7 Å². The van der Waals surface area contributed by atoms with E-state index in [1.807, 2.05) is 42.5 Å². The van der Waals surface area contributed by atoms with E-state index in [1.165, 1.54) is 0 Å². The fraction of sp³-hybridized carbons (Fsp3) is 0.455. The van der Waals surface area contributed by atoms with Crippen molar-refractivity contribution in [2.45, 2.75) is 64.2 Å². The smallest absolute Gasteiger partial charge is 0.748 e. The van der Waals surface area contributed by atoms with Crippen LogP contribution < -0.4 is 39.8 Å². The van der Waals surface area contributed by atoms with Crippen LogP contribution >= 0.6 is 0 Å². The van der Waals surface area contributed by atoms with E-state index in [0.717, 1.165) is 33.9 Å². The Bertz CT molecular complexity index is 1780. The SMILES string of the molecule is CNC(=O)c1ccc2c(c1)C(C)(C)/C(=C\C=C\C1=[N+](CCCCS(=O)(=O)[O-])c3ccccc3C1(C)C)N2CCCCS(=O)(=O)[O-].[Na+]. The van der Waals surface area contributed by atoms with Crippen LogP contribution in [-0.4, -0.2) is 73.8 Å². The van der Waals surface area contributed by atoms with Crippen molar-refractivity contribution >= 4 is 43.2 Å². The second-order valence-electron chi connectivity index (χ2n) is 12.6. The Labute approximate surface area is 295 Å². The van der Waals surface area contributed by atoms with Gasteiger partial charge in [0.15, 0.2) is 5.71 Å². The first kappa shape index (κ1) is 38.1. The molecule has 0 saturated carbocycles. The largest absolute Gasteiger partial charge is 1.00 e. The van der Waals surface area contributed by atoms with E-state index < -0.39 is 37.2 Å². The molecule has 2 aromatic carbocycles. The first-order valence-corrected chi connectivity index (χ1v) is 18.3. The summed E-state index contributed by atoms with van der Waals surface area (Å²) >= 11 is 0. The monoisotopic (exact) mass is 679 g/mol. The van der Waals surface area contributed by atoms with Crippen LogP contribution in [0.5, 0.6) is 0 Å². The first-order chi connectivity index (χ1) is 21.0. The number of rotatable bonds is 13. The number of fused-ring (bicyclic) bond motifs is 2. The molecule has 4 rings (SSSR count). The summed E-state index contributed by atoms with van der Waals surface area (Å²) < 4.78 is 69.3. The second-order valence-corrected chi connectivity index (χ2v) is 15.7. The molecule has 0 bridgehead atoms. The summed E-state index contributed by atoms with van der Waals surface area (Å²) in [7, 11) is -6.99. The van der Waals surface area contributed by atoms with Gasteiger partial charge in [-0.2, -0.15) is 4.58 Å². The van der Waals surface area contributed by atoms with Crippen LogP contribution in [-0.2, 0) is 31.1 Å². The number of nitrogens with one attached hydrogen (secondary N) is 1. The summed E-state index contributed by atoms with van der Waals surface area (Å²) in [5.41, 5.74) is 5.81. The van der Waals surface area contributed by atoms with Crippen LogP contribution in [0.4, 0.5) is 11.4 Å². The fourth-order valence-electron chi connectivity index (χ4n) is 6.41. The summed E-state index contributed by atoms with van der Waals surface area (Å²) in [6.45, 7) is 9.51. The molecule has 0 fully saturated rings. The van der Waals surface area contributed by atoms with Crippen LogP contribution in [0.15, 0.2) is 66.4 Å². The summed E-state index contributed by atoms with van der Waals surface area (Å²) in [6.07, 6.45) is 7.64. The predicted molar refractivity (Wildman–Crippen MR) is 174 cm³/mol. The molecule has 0 spiro atoms. The molecule has 0 unspecified atom stereocenters. The van der Waals surface area contributed by atoms with Gasteiger partial charge >= 0.3 is 29.6 Å². The third-order valence-electron chi connectivity index (χ3n) is 8.74. The second kappa shape index (κ2) is 14.8. The van der Waals surface area contributed by atoms with E-state index >= 15 is 0 Å². The molecule has 2 aromatic rings. The molecule has 10 nitrogen and oxygen atoms in total. The van der Waals surface area contributed by atoms with Gasteiger partial charge in [-0.15, -0.1) is 0 Å². The minimum atomic E-state index is -4.30. The van der Waals surface area contributed by atoms with Gasteiger partial charge in [-0.05, 0) is 62.9 Å².